The molecule has 0 radical (unpaired) electrons. The first-order chi connectivity index (χ1) is 8.01. The summed E-state index contributed by atoms with van der Waals surface area (Å²) < 4.78 is 29.9. The van der Waals surface area contributed by atoms with Crippen LogP contribution in [0.25, 0.3) is 0 Å². The lowest BCUT2D eigenvalue weighted by Gasteiger charge is -2.34. The Morgan fingerprint density at radius 2 is 2.18 bits per heavy atom. The molecule has 0 amide bonds. The minimum Gasteiger partial charge on any atom is -0.468 e. The molecule has 0 aromatic heterocycles. The number of sulfonamides is 1. The second kappa shape index (κ2) is 6.32. The zero-order valence-corrected chi connectivity index (χ0v) is 11.1. The second-order valence-electron chi connectivity index (χ2n) is 4.15. The lowest BCUT2D eigenvalue weighted by Crippen LogP contribution is -2.49. The average molecular weight is 264 g/mol. The number of likely N-dealkylation sites (N-methyl/N-ethyl adjacent to an activating group) is 1. The molecule has 1 aliphatic rings. The summed E-state index contributed by atoms with van der Waals surface area (Å²) in [6, 6.07) is -0.0524. The summed E-state index contributed by atoms with van der Waals surface area (Å²) in [5.74, 6) is -1.28. The number of ether oxygens (including phenoxy) is 1. The van der Waals surface area contributed by atoms with Gasteiger partial charge < -0.3 is 10.1 Å². The molecule has 1 saturated heterocycles. The molecule has 1 atom stereocenters. The lowest BCUT2D eigenvalue weighted by molar-refractivity contribution is -0.137. The standard InChI is InChI=1S/C10H20N2O4S/c1-11-7-9-5-3-4-6-12(9)17(14,15)8-10(13)16-2/h9,11H,3-8H2,1-2H3. The predicted molar refractivity (Wildman–Crippen MR) is 64.1 cm³/mol. The van der Waals surface area contributed by atoms with Crippen LogP contribution in [0.15, 0.2) is 0 Å². The first-order valence-corrected chi connectivity index (χ1v) is 7.33. The molecular weight excluding hydrogens is 244 g/mol. The van der Waals surface area contributed by atoms with Crippen molar-refractivity contribution in [3.8, 4) is 0 Å². The summed E-state index contributed by atoms with van der Waals surface area (Å²) in [5.41, 5.74) is 0. The van der Waals surface area contributed by atoms with Gasteiger partial charge in [0.1, 0.15) is 0 Å². The minimum atomic E-state index is -3.55. The van der Waals surface area contributed by atoms with Gasteiger partial charge in [-0.15, -0.1) is 0 Å². The topological polar surface area (TPSA) is 75.7 Å². The smallest absolute Gasteiger partial charge is 0.322 e. The van der Waals surface area contributed by atoms with Gasteiger partial charge in [-0.25, -0.2) is 8.42 Å². The van der Waals surface area contributed by atoms with Gasteiger partial charge in [0.15, 0.2) is 5.75 Å². The van der Waals surface area contributed by atoms with Gasteiger partial charge in [0.05, 0.1) is 7.11 Å². The van der Waals surface area contributed by atoms with Crippen LogP contribution in [-0.2, 0) is 19.6 Å². The van der Waals surface area contributed by atoms with E-state index in [0.29, 0.717) is 13.1 Å². The van der Waals surface area contributed by atoms with Crippen molar-refractivity contribution in [1.29, 1.82) is 0 Å². The highest BCUT2D eigenvalue weighted by atomic mass is 32.2. The van der Waals surface area contributed by atoms with E-state index in [4.69, 9.17) is 0 Å². The number of methoxy groups -OCH3 is 1. The molecule has 17 heavy (non-hydrogen) atoms. The number of hydrogen-bond donors (Lipinski definition) is 1. The van der Waals surface area contributed by atoms with E-state index in [0.717, 1.165) is 19.3 Å². The third kappa shape index (κ3) is 3.93. The van der Waals surface area contributed by atoms with Crippen LogP contribution in [0.5, 0.6) is 0 Å². The number of nitrogens with one attached hydrogen (secondary N) is 1. The van der Waals surface area contributed by atoms with Crippen molar-refractivity contribution in [3.63, 3.8) is 0 Å². The molecular formula is C10H20N2O4S. The van der Waals surface area contributed by atoms with Crippen molar-refractivity contribution in [2.45, 2.75) is 25.3 Å². The van der Waals surface area contributed by atoms with E-state index < -0.39 is 21.7 Å². The Hall–Kier alpha value is -0.660. The van der Waals surface area contributed by atoms with Crippen LogP contribution in [0, 0.1) is 0 Å². The van der Waals surface area contributed by atoms with Gasteiger partial charge in [-0.3, -0.25) is 4.79 Å². The van der Waals surface area contributed by atoms with Gasteiger partial charge in [0.2, 0.25) is 10.0 Å². The van der Waals surface area contributed by atoms with Crippen LogP contribution in [-0.4, -0.2) is 57.7 Å². The first-order valence-electron chi connectivity index (χ1n) is 5.72. The fourth-order valence-electron chi connectivity index (χ4n) is 2.07. The van der Waals surface area contributed by atoms with E-state index in [1.165, 1.54) is 11.4 Å². The van der Waals surface area contributed by atoms with Crippen molar-refractivity contribution in [3.05, 3.63) is 0 Å². The van der Waals surface area contributed by atoms with Gasteiger partial charge >= 0.3 is 5.97 Å². The largest absolute Gasteiger partial charge is 0.468 e. The van der Waals surface area contributed by atoms with Gasteiger partial charge in [-0.05, 0) is 19.9 Å². The maximum atomic E-state index is 12.0. The molecule has 0 spiro atoms. The van der Waals surface area contributed by atoms with Crippen LogP contribution in [0.2, 0.25) is 0 Å². The van der Waals surface area contributed by atoms with E-state index in [1.54, 1.807) is 7.05 Å². The van der Waals surface area contributed by atoms with E-state index in [2.05, 4.69) is 10.1 Å². The van der Waals surface area contributed by atoms with E-state index in [9.17, 15) is 13.2 Å². The number of esters is 1. The van der Waals surface area contributed by atoms with E-state index in [-0.39, 0.29) is 6.04 Å². The number of rotatable bonds is 5. The molecule has 7 heteroatoms. The number of nitrogens with zero attached hydrogens (tertiary/aromatic N) is 1. The second-order valence-corrected chi connectivity index (χ2v) is 6.07. The highest BCUT2D eigenvalue weighted by Crippen LogP contribution is 2.20. The first kappa shape index (κ1) is 14.4. The van der Waals surface area contributed by atoms with Gasteiger partial charge in [0.25, 0.3) is 0 Å². The Morgan fingerprint density at radius 1 is 1.47 bits per heavy atom. The summed E-state index contributed by atoms with van der Waals surface area (Å²) in [4.78, 5) is 11.1. The average Bonchev–Trinajstić information content (AvgIpc) is 2.29. The summed E-state index contributed by atoms with van der Waals surface area (Å²) in [5, 5.41) is 2.98. The van der Waals surface area contributed by atoms with Crippen LogP contribution in [0.4, 0.5) is 0 Å². The SMILES string of the molecule is CNCC1CCCCN1S(=O)(=O)CC(=O)OC. The summed E-state index contributed by atoms with van der Waals surface area (Å²) in [6.07, 6.45) is 2.71. The van der Waals surface area contributed by atoms with Gasteiger partial charge in [-0.2, -0.15) is 4.31 Å². The van der Waals surface area contributed by atoms with Crippen molar-refractivity contribution in [2.75, 3.05) is 33.0 Å². The Morgan fingerprint density at radius 3 is 2.76 bits per heavy atom. The molecule has 1 N–H and O–H groups in total. The zero-order chi connectivity index (χ0) is 12.9. The summed E-state index contributed by atoms with van der Waals surface area (Å²) in [6.45, 7) is 1.10. The van der Waals surface area contributed by atoms with Crippen LogP contribution < -0.4 is 5.32 Å². The molecule has 0 bridgehead atoms. The molecule has 1 fully saturated rings. The quantitative estimate of drug-likeness (QED) is 0.682. The number of hydrogen-bond acceptors (Lipinski definition) is 5. The third-order valence-electron chi connectivity index (χ3n) is 2.90. The highest BCUT2D eigenvalue weighted by molar-refractivity contribution is 7.89. The van der Waals surface area contributed by atoms with E-state index in [1.807, 2.05) is 0 Å². The maximum absolute atomic E-state index is 12.0. The van der Waals surface area contributed by atoms with Crippen molar-refractivity contribution >= 4 is 16.0 Å². The molecule has 1 rings (SSSR count). The van der Waals surface area contributed by atoms with Crippen molar-refractivity contribution in [2.24, 2.45) is 0 Å². The van der Waals surface area contributed by atoms with Gasteiger partial charge in [0, 0.05) is 19.1 Å². The van der Waals surface area contributed by atoms with Gasteiger partial charge in [-0.1, -0.05) is 6.42 Å². The fourth-order valence-corrected chi connectivity index (χ4v) is 3.69. The molecule has 1 unspecified atom stereocenters. The molecule has 0 aliphatic carbocycles. The Kier molecular flexibility index (Phi) is 5.35. The molecule has 0 aromatic carbocycles. The van der Waals surface area contributed by atoms with Crippen molar-refractivity contribution < 1.29 is 17.9 Å². The number of carbonyl (C=O) groups is 1. The third-order valence-corrected chi connectivity index (χ3v) is 4.69. The Bertz CT molecular complexity index is 353. The van der Waals surface area contributed by atoms with Crippen molar-refractivity contribution in [1.82, 2.24) is 9.62 Å². The highest BCUT2D eigenvalue weighted by Gasteiger charge is 2.33. The fraction of sp³-hybridized carbons (Fsp3) is 0.900. The molecule has 0 saturated carbocycles. The normalized spacial score (nSPS) is 22.4. The molecule has 100 valence electrons. The van der Waals surface area contributed by atoms with Crippen LogP contribution in [0.1, 0.15) is 19.3 Å². The summed E-state index contributed by atoms with van der Waals surface area (Å²) in [7, 11) is -0.562. The number of piperidine rings is 1. The van der Waals surface area contributed by atoms with Crippen LogP contribution in [0.3, 0.4) is 0 Å². The summed E-state index contributed by atoms with van der Waals surface area (Å²) >= 11 is 0. The van der Waals surface area contributed by atoms with Crippen LogP contribution >= 0.6 is 0 Å². The molecule has 0 aromatic rings. The molecule has 1 heterocycles. The predicted octanol–water partition coefficient (Wildman–Crippen LogP) is -0.437. The lowest BCUT2D eigenvalue weighted by atomic mass is 10.1. The number of carbonyl (C=O) groups excluding carboxylic acids is 1. The maximum Gasteiger partial charge on any atom is 0.322 e. The van der Waals surface area contributed by atoms with E-state index >= 15 is 0 Å². The monoisotopic (exact) mass is 264 g/mol. The Balaban J connectivity index is 2.75. The Labute approximate surface area is 102 Å². The zero-order valence-electron chi connectivity index (χ0n) is 10.3. The molecule has 6 nitrogen and oxygen atoms in total. The minimum absolute atomic E-state index is 0.0524. The molecule has 1 aliphatic heterocycles.